The van der Waals surface area contributed by atoms with Crippen LogP contribution in [0.2, 0.25) is 5.02 Å². The molecule has 2 rings (SSSR count). The highest BCUT2D eigenvalue weighted by Crippen LogP contribution is 2.32. The maximum Gasteiger partial charge on any atom is 0.138 e. The van der Waals surface area contributed by atoms with Gasteiger partial charge in [-0.15, -0.1) is 0 Å². The third kappa shape index (κ3) is 4.10. The number of ether oxygens (including phenoxy) is 1. The van der Waals surface area contributed by atoms with Gasteiger partial charge in [0.1, 0.15) is 12.3 Å². The summed E-state index contributed by atoms with van der Waals surface area (Å²) in [6.07, 6.45) is 0.668. The number of aliphatic hydroxyl groups is 1. The van der Waals surface area contributed by atoms with Crippen molar-refractivity contribution < 1.29 is 15.2 Å². The minimum atomic E-state index is -0.258. The first-order valence-corrected chi connectivity index (χ1v) is 7.36. The molecule has 2 aromatic rings. The predicted molar refractivity (Wildman–Crippen MR) is 82.4 cm³/mol. The van der Waals surface area contributed by atoms with Crippen LogP contribution in [0, 0.1) is 0 Å². The van der Waals surface area contributed by atoms with E-state index in [1.807, 2.05) is 36.4 Å². The van der Waals surface area contributed by atoms with Gasteiger partial charge in [0.25, 0.3) is 0 Å². The van der Waals surface area contributed by atoms with Gasteiger partial charge in [-0.1, -0.05) is 41.9 Å². The van der Waals surface area contributed by atoms with Crippen molar-refractivity contribution in [1.82, 2.24) is 0 Å². The SMILES string of the molecule is C[C@H](O)C[NH2+]CCCOc1ccc2ccccc2c1Cl. The van der Waals surface area contributed by atoms with Gasteiger partial charge < -0.3 is 15.2 Å². The highest BCUT2D eigenvalue weighted by atomic mass is 35.5. The Labute approximate surface area is 124 Å². The van der Waals surface area contributed by atoms with Gasteiger partial charge in [0.2, 0.25) is 0 Å². The molecule has 3 N–H and O–H groups in total. The molecule has 20 heavy (non-hydrogen) atoms. The Balaban J connectivity index is 1.86. The molecular weight excluding hydrogens is 274 g/mol. The van der Waals surface area contributed by atoms with Gasteiger partial charge in [-0.3, -0.25) is 0 Å². The lowest BCUT2D eigenvalue weighted by atomic mass is 10.1. The Morgan fingerprint density at radius 3 is 2.85 bits per heavy atom. The maximum absolute atomic E-state index is 9.14. The van der Waals surface area contributed by atoms with Crippen LogP contribution in [0.3, 0.4) is 0 Å². The molecule has 3 nitrogen and oxygen atoms in total. The standard InChI is InChI=1S/C16H20ClNO2/c1-12(19)11-18-9-4-10-20-15-8-7-13-5-2-3-6-14(13)16(15)17/h2-3,5-8,12,18-19H,4,9-11H2,1H3/p+1/t12-/m0/s1. The molecule has 0 saturated heterocycles. The van der Waals surface area contributed by atoms with Crippen molar-refractivity contribution in [1.29, 1.82) is 0 Å². The first kappa shape index (κ1) is 15.1. The number of fused-ring (bicyclic) bond motifs is 1. The van der Waals surface area contributed by atoms with Crippen LogP contribution in [0.25, 0.3) is 10.8 Å². The van der Waals surface area contributed by atoms with Gasteiger partial charge in [0, 0.05) is 11.8 Å². The maximum atomic E-state index is 9.14. The molecular formula is C16H21ClNO2+. The normalized spacial score (nSPS) is 12.6. The van der Waals surface area contributed by atoms with Crippen LogP contribution in [0.5, 0.6) is 5.75 Å². The number of nitrogens with two attached hydrogens (primary N) is 1. The zero-order valence-electron chi connectivity index (χ0n) is 11.7. The second kappa shape index (κ2) is 7.48. The quantitative estimate of drug-likeness (QED) is 0.769. The Hall–Kier alpha value is -1.29. The molecule has 0 saturated carbocycles. The van der Waals surface area contributed by atoms with Crippen LogP contribution in [0.4, 0.5) is 0 Å². The van der Waals surface area contributed by atoms with Gasteiger partial charge in [0.05, 0.1) is 24.3 Å². The molecule has 4 heteroatoms. The molecule has 0 fully saturated rings. The first-order chi connectivity index (χ1) is 9.68. The van der Waals surface area contributed by atoms with E-state index < -0.39 is 0 Å². The second-order valence-electron chi connectivity index (χ2n) is 4.96. The van der Waals surface area contributed by atoms with Crippen LogP contribution in [-0.4, -0.2) is 30.9 Å². The molecule has 0 aliphatic rings. The number of benzene rings is 2. The summed E-state index contributed by atoms with van der Waals surface area (Å²) >= 11 is 6.36. The Morgan fingerprint density at radius 2 is 2.05 bits per heavy atom. The topological polar surface area (TPSA) is 46.1 Å². The lowest BCUT2D eigenvalue weighted by Crippen LogP contribution is -2.86. The molecule has 0 aliphatic carbocycles. The second-order valence-corrected chi connectivity index (χ2v) is 5.34. The van der Waals surface area contributed by atoms with Crippen molar-refractivity contribution in [3.63, 3.8) is 0 Å². The first-order valence-electron chi connectivity index (χ1n) is 6.98. The van der Waals surface area contributed by atoms with Crippen LogP contribution in [-0.2, 0) is 0 Å². The third-order valence-electron chi connectivity index (χ3n) is 3.15. The average Bonchev–Trinajstić information content (AvgIpc) is 2.45. The van der Waals surface area contributed by atoms with E-state index in [-0.39, 0.29) is 6.10 Å². The summed E-state index contributed by atoms with van der Waals surface area (Å²) in [6, 6.07) is 12.0. The molecule has 0 heterocycles. The molecule has 0 spiro atoms. The van der Waals surface area contributed by atoms with E-state index in [0.29, 0.717) is 11.6 Å². The zero-order chi connectivity index (χ0) is 14.4. The van der Waals surface area contributed by atoms with Crippen LogP contribution in [0.1, 0.15) is 13.3 Å². The number of hydrogen-bond acceptors (Lipinski definition) is 2. The predicted octanol–water partition coefficient (Wildman–Crippen LogP) is 2.21. The molecule has 0 aromatic heterocycles. The lowest BCUT2D eigenvalue weighted by molar-refractivity contribution is -0.660. The van der Waals surface area contributed by atoms with Crippen molar-refractivity contribution in [2.45, 2.75) is 19.4 Å². The van der Waals surface area contributed by atoms with Gasteiger partial charge in [0.15, 0.2) is 0 Å². The number of halogens is 1. The highest BCUT2D eigenvalue weighted by molar-refractivity contribution is 6.37. The summed E-state index contributed by atoms with van der Waals surface area (Å²) in [7, 11) is 0. The van der Waals surface area contributed by atoms with E-state index in [1.54, 1.807) is 6.92 Å². The summed E-state index contributed by atoms with van der Waals surface area (Å²) in [4.78, 5) is 0. The van der Waals surface area contributed by atoms with Crippen molar-refractivity contribution >= 4 is 22.4 Å². The Morgan fingerprint density at radius 1 is 1.25 bits per heavy atom. The Kier molecular flexibility index (Phi) is 5.65. The summed E-state index contributed by atoms with van der Waals surface area (Å²) < 4.78 is 5.74. The molecule has 108 valence electrons. The molecule has 0 bridgehead atoms. The van der Waals surface area contributed by atoms with Gasteiger partial charge in [-0.05, 0) is 18.4 Å². The number of aliphatic hydroxyl groups excluding tert-OH is 1. The monoisotopic (exact) mass is 294 g/mol. The Bertz CT molecular complexity index is 557. The molecule has 0 radical (unpaired) electrons. The fourth-order valence-electron chi connectivity index (χ4n) is 2.09. The van der Waals surface area contributed by atoms with E-state index in [9.17, 15) is 0 Å². The van der Waals surface area contributed by atoms with E-state index in [2.05, 4.69) is 5.32 Å². The number of quaternary nitrogens is 1. The largest absolute Gasteiger partial charge is 0.492 e. The smallest absolute Gasteiger partial charge is 0.138 e. The minimum Gasteiger partial charge on any atom is -0.492 e. The summed E-state index contributed by atoms with van der Waals surface area (Å²) in [5.41, 5.74) is 0. The van der Waals surface area contributed by atoms with Gasteiger partial charge in [-0.2, -0.15) is 0 Å². The van der Waals surface area contributed by atoms with Crippen LogP contribution < -0.4 is 10.1 Å². The summed E-state index contributed by atoms with van der Waals surface area (Å²) in [5.74, 6) is 0.737. The molecule has 0 aliphatic heterocycles. The van der Waals surface area contributed by atoms with Crippen LogP contribution >= 0.6 is 11.6 Å². The average molecular weight is 295 g/mol. The fraction of sp³-hybridized carbons (Fsp3) is 0.375. The van der Waals surface area contributed by atoms with E-state index >= 15 is 0 Å². The van der Waals surface area contributed by atoms with Crippen LogP contribution in [0.15, 0.2) is 36.4 Å². The highest BCUT2D eigenvalue weighted by Gasteiger charge is 2.06. The molecule has 0 unspecified atom stereocenters. The third-order valence-corrected chi connectivity index (χ3v) is 3.54. The van der Waals surface area contributed by atoms with Crippen molar-refractivity contribution in [2.24, 2.45) is 0 Å². The van der Waals surface area contributed by atoms with Gasteiger partial charge in [-0.25, -0.2) is 0 Å². The zero-order valence-corrected chi connectivity index (χ0v) is 12.4. The number of rotatable bonds is 7. The van der Waals surface area contributed by atoms with E-state index in [0.717, 1.165) is 36.0 Å². The van der Waals surface area contributed by atoms with Gasteiger partial charge >= 0.3 is 0 Å². The summed E-state index contributed by atoms with van der Waals surface area (Å²) in [5, 5.41) is 14.1. The molecule has 1 atom stereocenters. The van der Waals surface area contributed by atoms with Crippen molar-refractivity contribution in [3.05, 3.63) is 41.4 Å². The number of hydrogen-bond donors (Lipinski definition) is 2. The van der Waals surface area contributed by atoms with Crippen molar-refractivity contribution in [3.8, 4) is 5.75 Å². The van der Waals surface area contributed by atoms with Crippen molar-refractivity contribution in [2.75, 3.05) is 19.7 Å². The van der Waals surface area contributed by atoms with E-state index in [1.165, 1.54) is 0 Å². The molecule has 2 aromatic carbocycles. The lowest BCUT2D eigenvalue weighted by Gasteiger charge is -2.10. The molecule has 0 amide bonds. The van der Waals surface area contributed by atoms with E-state index in [4.69, 9.17) is 21.4 Å². The minimum absolute atomic E-state index is 0.258. The summed E-state index contributed by atoms with van der Waals surface area (Å²) in [6.45, 7) is 4.10. The fourth-order valence-corrected chi connectivity index (χ4v) is 2.38.